The molecule has 0 aliphatic heterocycles. The Balaban J connectivity index is 1.66. The van der Waals surface area contributed by atoms with Crippen molar-refractivity contribution in [3.8, 4) is 11.4 Å². The molecular weight excluding hydrogens is 385 g/mol. The normalized spacial score (nSPS) is 12.3. The number of urea groups is 1. The molecule has 2 aromatic carbocycles. The fourth-order valence-electron chi connectivity index (χ4n) is 2.89. The van der Waals surface area contributed by atoms with E-state index in [4.69, 9.17) is 0 Å². The van der Waals surface area contributed by atoms with Crippen LogP contribution in [0.2, 0.25) is 0 Å². The number of carbonyl (C=O) groups excluding carboxylic acids is 1. The van der Waals surface area contributed by atoms with Crippen molar-refractivity contribution in [2.24, 2.45) is 0 Å². The van der Waals surface area contributed by atoms with Gasteiger partial charge in [0.1, 0.15) is 5.75 Å². The first-order valence-corrected chi connectivity index (χ1v) is 8.76. The van der Waals surface area contributed by atoms with Gasteiger partial charge in [0.05, 0.1) is 17.9 Å². The number of carbonyl (C=O) groups is 1. The van der Waals surface area contributed by atoms with E-state index in [0.717, 1.165) is 29.1 Å². The van der Waals surface area contributed by atoms with Gasteiger partial charge < -0.3 is 15.4 Å². The summed E-state index contributed by atoms with van der Waals surface area (Å²) < 4.78 is 42.6. The van der Waals surface area contributed by atoms with Crippen LogP contribution in [0.5, 0.6) is 5.75 Å². The molecule has 0 aliphatic carbocycles. The average Bonchev–Trinajstić information content (AvgIpc) is 3.02. The molecular formula is C20H19F3N4O2. The third-order valence-electron chi connectivity index (χ3n) is 4.19. The van der Waals surface area contributed by atoms with Gasteiger partial charge in [-0.3, -0.25) is 0 Å². The molecule has 6 nitrogen and oxygen atoms in total. The van der Waals surface area contributed by atoms with Crippen molar-refractivity contribution in [3.05, 3.63) is 72.1 Å². The Kier molecular flexibility index (Phi) is 5.76. The summed E-state index contributed by atoms with van der Waals surface area (Å²) in [5.74, 6) is -0.414. The van der Waals surface area contributed by atoms with Crippen LogP contribution in [0.1, 0.15) is 24.2 Å². The van der Waals surface area contributed by atoms with E-state index in [0.29, 0.717) is 0 Å². The molecule has 1 atom stereocenters. The molecule has 0 aliphatic rings. The molecule has 2 amide bonds. The highest BCUT2D eigenvalue weighted by molar-refractivity contribution is 5.89. The van der Waals surface area contributed by atoms with E-state index < -0.39 is 18.1 Å². The molecule has 29 heavy (non-hydrogen) atoms. The highest BCUT2D eigenvalue weighted by Crippen LogP contribution is 2.25. The second-order valence-electron chi connectivity index (χ2n) is 6.33. The first-order valence-electron chi connectivity index (χ1n) is 8.76. The fourth-order valence-corrected chi connectivity index (χ4v) is 2.89. The number of nitrogens with zero attached hydrogens (tertiary/aromatic N) is 2. The minimum absolute atomic E-state index is 0.174. The smallest absolute Gasteiger partial charge is 0.406 e. The van der Waals surface area contributed by atoms with Gasteiger partial charge in [-0.05, 0) is 38.1 Å². The lowest BCUT2D eigenvalue weighted by Crippen LogP contribution is -2.31. The standard InChI is InChI=1S/C20H19F3N4O2/c1-13(18-12-24-27(14(18)2)16-8-4-3-5-9-16)25-19(28)26-15-7-6-10-17(11-15)29-20(21,22)23/h3-13H,1-2H3,(H2,25,26,28). The van der Waals surface area contributed by atoms with Crippen LogP contribution in [-0.4, -0.2) is 22.2 Å². The summed E-state index contributed by atoms with van der Waals surface area (Å²) in [5, 5.41) is 9.62. The number of amides is 2. The largest absolute Gasteiger partial charge is 0.573 e. The van der Waals surface area contributed by atoms with Crippen molar-refractivity contribution < 1.29 is 22.7 Å². The van der Waals surface area contributed by atoms with Crippen LogP contribution in [0.25, 0.3) is 5.69 Å². The van der Waals surface area contributed by atoms with Gasteiger partial charge in [0, 0.05) is 23.0 Å². The SMILES string of the molecule is Cc1c(C(C)NC(=O)Nc2cccc(OC(F)(F)F)c2)cnn1-c1ccccc1. The van der Waals surface area contributed by atoms with Crippen molar-refractivity contribution in [1.82, 2.24) is 15.1 Å². The number of ether oxygens (including phenoxy) is 1. The molecule has 0 saturated carbocycles. The number of nitrogens with one attached hydrogen (secondary N) is 2. The summed E-state index contributed by atoms with van der Waals surface area (Å²) in [6.45, 7) is 3.69. The zero-order chi connectivity index (χ0) is 21.0. The predicted molar refractivity (Wildman–Crippen MR) is 102 cm³/mol. The number of alkyl halides is 3. The first kappa shape index (κ1) is 20.2. The van der Waals surface area contributed by atoms with Gasteiger partial charge in [-0.25, -0.2) is 9.48 Å². The molecule has 3 rings (SSSR count). The van der Waals surface area contributed by atoms with Crippen molar-refractivity contribution in [3.63, 3.8) is 0 Å². The summed E-state index contributed by atoms with van der Waals surface area (Å²) in [6, 6.07) is 13.7. The zero-order valence-electron chi connectivity index (χ0n) is 15.7. The second kappa shape index (κ2) is 8.26. The Morgan fingerprint density at radius 2 is 1.86 bits per heavy atom. The summed E-state index contributed by atoms with van der Waals surface area (Å²) in [5.41, 5.74) is 2.75. The van der Waals surface area contributed by atoms with Gasteiger partial charge in [0.25, 0.3) is 0 Å². The maximum absolute atomic E-state index is 12.3. The number of hydrogen-bond donors (Lipinski definition) is 2. The van der Waals surface area contributed by atoms with E-state index in [9.17, 15) is 18.0 Å². The number of benzene rings is 2. The molecule has 0 radical (unpaired) electrons. The monoisotopic (exact) mass is 404 g/mol. The fraction of sp³-hybridized carbons (Fsp3) is 0.200. The van der Waals surface area contributed by atoms with Crippen LogP contribution >= 0.6 is 0 Å². The summed E-state index contributed by atoms with van der Waals surface area (Å²) in [7, 11) is 0. The maximum Gasteiger partial charge on any atom is 0.573 e. The number of rotatable bonds is 5. The summed E-state index contributed by atoms with van der Waals surface area (Å²) >= 11 is 0. The lowest BCUT2D eigenvalue weighted by atomic mass is 10.1. The molecule has 0 fully saturated rings. The van der Waals surface area contributed by atoms with Gasteiger partial charge in [0.15, 0.2) is 0 Å². The second-order valence-corrected chi connectivity index (χ2v) is 6.33. The van der Waals surface area contributed by atoms with Gasteiger partial charge in [-0.2, -0.15) is 5.10 Å². The third kappa shape index (κ3) is 5.28. The van der Waals surface area contributed by atoms with Crippen LogP contribution in [0.4, 0.5) is 23.7 Å². The summed E-state index contributed by atoms with van der Waals surface area (Å²) in [6.07, 6.45) is -3.13. The number of hydrogen-bond acceptors (Lipinski definition) is 3. The van der Waals surface area contributed by atoms with E-state index in [1.54, 1.807) is 17.8 Å². The van der Waals surface area contributed by atoms with E-state index in [2.05, 4.69) is 20.5 Å². The van der Waals surface area contributed by atoms with Crippen LogP contribution < -0.4 is 15.4 Å². The molecule has 1 aromatic heterocycles. The minimum atomic E-state index is -4.80. The van der Waals surface area contributed by atoms with Gasteiger partial charge >= 0.3 is 12.4 Å². The third-order valence-corrected chi connectivity index (χ3v) is 4.19. The van der Waals surface area contributed by atoms with E-state index >= 15 is 0 Å². The Hall–Kier alpha value is -3.49. The molecule has 0 saturated heterocycles. The van der Waals surface area contributed by atoms with Crippen LogP contribution in [-0.2, 0) is 0 Å². The van der Waals surface area contributed by atoms with Crippen molar-refractivity contribution in [2.75, 3.05) is 5.32 Å². The Labute approximate surface area is 165 Å². The van der Waals surface area contributed by atoms with Gasteiger partial charge in [0.2, 0.25) is 0 Å². The molecule has 9 heteroatoms. The van der Waals surface area contributed by atoms with Gasteiger partial charge in [-0.1, -0.05) is 24.3 Å². The maximum atomic E-state index is 12.3. The van der Waals surface area contributed by atoms with Gasteiger partial charge in [-0.15, -0.1) is 13.2 Å². The Morgan fingerprint density at radius 1 is 1.14 bits per heavy atom. The molecule has 0 bridgehead atoms. The molecule has 2 N–H and O–H groups in total. The van der Waals surface area contributed by atoms with Crippen LogP contribution in [0, 0.1) is 6.92 Å². The van der Waals surface area contributed by atoms with Crippen LogP contribution in [0.3, 0.4) is 0 Å². The zero-order valence-corrected chi connectivity index (χ0v) is 15.7. The van der Waals surface area contributed by atoms with E-state index in [-0.39, 0.29) is 11.7 Å². The Morgan fingerprint density at radius 3 is 2.55 bits per heavy atom. The number of para-hydroxylation sites is 1. The lowest BCUT2D eigenvalue weighted by Gasteiger charge is -2.15. The first-order chi connectivity index (χ1) is 13.7. The predicted octanol–water partition coefficient (Wildman–Crippen LogP) is 4.96. The minimum Gasteiger partial charge on any atom is -0.406 e. The summed E-state index contributed by atoms with van der Waals surface area (Å²) in [4.78, 5) is 12.3. The number of halogens is 3. The van der Waals surface area contributed by atoms with Crippen molar-refractivity contribution in [1.29, 1.82) is 0 Å². The molecule has 1 heterocycles. The van der Waals surface area contributed by atoms with Crippen LogP contribution in [0.15, 0.2) is 60.8 Å². The quantitative estimate of drug-likeness (QED) is 0.631. The van der Waals surface area contributed by atoms with Crippen molar-refractivity contribution >= 4 is 11.7 Å². The number of aromatic nitrogens is 2. The molecule has 0 spiro atoms. The number of anilines is 1. The highest BCUT2D eigenvalue weighted by Gasteiger charge is 2.31. The molecule has 3 aromatic rings. The Bertz CT molecular complexity index is 987. The highest BCUT2D eigenvalue weighted by atomic mass is 19.4. The topological polar surface area (TPSA) is 68.2 Å². The lowest BCUT2D eigenvalue weighted by molar-refractivity contribution is -0.274. The van der Waals surface area contributed by atoms with Crippen molar-refractivity contribution in [2.45, 2.75) is 26.3 Å². The van der Waals surface area contributed by atoms with E-state index in [1.807, 2.05) is 37.3 Å². The molecule has 1 unspecified atom stereocenters. The average molecular weight is 404 g/mol. The van der Waals surface area contributed by atoms with E-state index in [1.165, 1.54) is 12.1 Å². The molecule has 152 valence electrons.